The lowest BCUT2D eigenvalue weighted by molar-refractivity contribution is 0.112. The summed E-state index contributed by atoms with van der Waals surface area (Å²) < 4.78 is 17.4. The van der Waals surface area contributed by atoms with Gasteiger partial charge >= 0.3 is 0 Å². The van der Waals surface area contributed by atoms with Gasteiger partial charge in [-0.25, -0.2) is 0 Å². The van der Waals surface area contributed by atoms with Crippen LogP contribution in [0, 0.1) is 41.5 Å². The Labute approximate surface area is 545 Å². The van der Waals surface area contributed by atoms with E-state index in [1.807, 2.05) is 66.7 Å². The van der Waals surface area contributed by atoms with Crippen molar-refractivity contribution in [3.8, 4) is 117 Å². The molecular formula is C86H82N2O4. The molecule has 6 heteroatoms. The zero-order valence-corrected chi connectivity index (χ0v) is 55.4. The van der Waals surface area contributed by atoms with Crippen molar-refractivity contribution in [2.45, 2.75) is 41.5 Å². The molecule has 0 amide bonds. The van der Waals surface area contributed by atoms with E-state index >= 15 is 0 Å². The number of hydrogen-bond acceptors (Lipinski definition) is 6. The summed E-state index contributed by atoms with van der Waals surface area (Å²) in [6.07, 6.45) is 0.936. The van der Waals surface area contributed by atoms with Gasteiger partial charge in [0.2, 0.25) is 0 Å². The van der Waals surface area contributed by atoms with Gasteiger partial charge < -0.3 is 24.0 Å². The number of aldehydes is 1. The molecule has 460 valence electrons. The lowest BCUT2D eigenvalue weighted by Crippen LogP contribution is -2.15. The third-order valence-corrected chi connectivity index (χ3v) is 17.7. The molecule has 92 heavy (non-hydrogen) atoms. The molecule has 12 aromatic carbocycles. The first-order chi connectivity index (χ1) is 44.7. The van der Waals surface area contributed by atoms with Crippen molar-refractivity contribution in [3.63, 3.8) is 0 Å². The molecule has 0 aromatic heterocycles. The van der Waals surface area contributed by atoms with Gasteiger partial charge in [-0.15, -0.1) is 0 Å². The molecule has 0 bridgehead atoms. The number of methoxy groups -OCH3 is 3. The maximum absolute atomic E-state index is 12.0. The number of nitrogens with zero attached hydrogens (tertiary/aromatic N) is 2. The Morgan fingerprint density at radius 2 is 0.457 bits per heavy atom. The highest BCUT2D eigenvalue weighted by molar-refractivity contribution is 5.99. The summed E-state index contributed by atoms with van der Waals surface area (Å²) in [5, 5.41) is 0. The van der Waals surface area contributed by atoms with Crippen LogP contribution in [0.4, 0.5) is 11.4 Å². The number of rotatable bonds is 15. The maximum atomic E-state index is 12.0. The lowest BCUT2D eigenvalue weighted by atomic mass is 9.85. The zero-order chi connectivity index (χ0) is 65.0. The molecule has 0 atom stereocenters. The van der Waals surface area contributed by atoms with E-state index in [2.05, 4.69) is 268 Å². The lowest BCUT2D eigenvalue weighted by Gasteiger charge is -2.28. The van der Waals surface area contributed by atoms with E-state index in [1.54, 1.807) is 21.3 Å². The van der Waals surface area contributed by atoms with Crippen molar-refractivity contribution < 1.29 is 19.0 Å². The molecule has 0 heterocycles. The Hall–Kier alpha value is -10.7. The van der Waals surface area contributed by atoms with Crippen LogP contribution < -0.4 is 24.0 Å². The molecule has 0 spiro atoms. The van der Waals surface area contributed by atoms with Crippen molar-refractivity contribution in [3.05, 3.63) is 294 Å². The summed E-state index contributed by atoms with van der Waals surface area (Å²) in [6, 6.07) is 88.3. The van der Waals surface area contributed by atoms with Crippen LogP contribution in [-0.2, 0) is 0 Å². The summed E-state index contributed by atoms with van der Waals surface area (Å²) in [4.78, 5) is 16.5. The highest BCUT2D eigenvalue weighted by Crippen LogP contribution is 2.49. The number of anilines is 2. The molecule has 0 aliphatic heterocycles. The van der Waals surface area contributed by atoms with Gasteiger partial charge in [-0.3, -0.25) is 4.79 Å². The molecule has 0 unspecified atom stereocenters. The van der Waals surface area contributed by atoms with Gasteiger partial charge in [-0.2, -0.15) is 0 Å². The molecule has 0 aliphatic rings. The number of carbonyl (C=O) groups excluding carboxylic acids is 1. The van der Waals surface area contributed by atoms with Crippen LogP contribution in [0.3, 0.4) is 0 Å². The van der Waals surface area contributed by atoms with Gasteiger partial charge in [-0.1, -0.05) is 224 Å². The largest absolute Gasteiger partial charge is 0.496 e. The van der Waals surface area contributed by atoms with Crippen LogP contribution in [0.2, 0.25) is 0 Å². The van der Waals surface area contributed by atoms with Crippen molar-refractivity contribution in [1.29, 1.82) is 0 Å². The van der Waals surface area contributed by atoms with E-state index in [9.17, 15) is 4.79 Å². The molecular weight excluding hydrogens is 1120 g/mol. The fourth-order valence-corrected chi connectivity index (χ4v) is 13.0. The number of ether oxygens (including phenoxy) is 3. The highest BCUT2D eigenvalue weighted by atomic mass is 16.5. The minimum absolute atomic E-state index is 0.666. The van der Waals surface area contributed by atoms with Crippen LogP contribution in [-0.4, -0.2) is 55.8 Å². The van der Waals surface area contributed by atoms with Crippen LogP contribution in [0.1, 0.15) is 43.7 Å². The number of hydrogen-bond donors (Lipinski definition) is 0. The average molecular weight is 1210 g/mol. The molecule has 12 aromatic rings. The Kier molecular flexibility index (Phi) is 20.5. The molecule has 0 N–H and O–H groups in total. The van der Waals surface area contributed by atoms with Crippen molar-refractivity contribution in [1.82, 2.24) is 0 Å². The molecule has 0 fully saturated rings. The minimum atomic E-state index is 0.666. The van der Waals surface area contributed by atoms with E-state index in [-0.39, 0.29) is 0 Å². The second-order valence-corrected chi connectivity index (χ2v) is 23.5. The Bertz CT molecular complexity index is 4310. The first kappa shape index (κ1) is 64.3. The zero-order valence-electron chi connectivity index (χ0n) is 55.4. The van der Waals surface area contributed by atoms with E-state index in [0.717, 1.165) is 79.2 Å². The predicted octanol–water partition coefficient (Wildman–Crippen LogP) is 21.9. The monoisotopic (exact) mass is 1210 g/mol. The van der Waals surface area contributed by atoms with E-state index < -0.39 is 0 Å². The van der Waals surface area contributed by atoms with Crippen molar-refractivity contribution in [2.24, 2.45) is 0 Å². The van der Waals surface area contributed by atoms with E-state index in [4.69, 9.17) is 14.2 Å². The Morgan fingerprint density at radius 3 is 0.685 bits per heavy atom. The van der Waals surface area contributed by atoms with Crippen molar-refractivity contribution >= 4 is 17.7 Å². The van der Waals surface area contributed by atoms with Crippen molar-refractivity contribution in [2.75, 3.05) is 59.3 Å². The average Bonchev–Trinajstić information content (AvgIpc) is 0.791. The predicted molar refractivity (Wildman–Crippen MR) is 390 cm³/mol. The molecule has 0 radical (unpaired) electrons. The van der Waals surface area contributed by atoms with Gasteiger partial charge in [0.1, 0.15) is 17.2 Å². The van der Waals surface area contributed by atoms with Crippen LogP contribution in [0.15, 0.2) is 255 Å². The molecule has 0 aliphatic carbocycles. The quantitative estimate of drug-likeness (QED) is 0.0954. The standard InChI is InChI=1S/C30H32N2.C28H26O2.C28H24O2/c1-21-25(23-13-9-7-10-14-23)17-19-27(31(3)4)29(21)30-22(2)26(18-20-28(30)32(5)6)24-15-11-8-12-16-24;1-19-23(21-11-7-5-8-12-21)15-17-25(29-3)27(19)28-20(2)24(16-18-26(28)30-4)22-13-9-6-10-14-22;1-19-24(21-10-6-4-7-11-21)15-14-23(18-29)27(19)28-20(2)25(16-17-26(28)30-3)22-12-8-5-9-13-22/h7-20H,1-6H3;5-18H,1-4H3;4-18H,1-3H3. The Morgan fingerprint density at radius 1 is 0.250 bits per heavy atom. The minimum Gasteiger partial charge on any atom is -0.496 e. The topological polar surface area (TPSA) is 51.2 Å². The molecule has 6 nitrogen and oxygen atoms in total. The summed E-state index contributed by atoms with van der Waals surface area (Å²) in [6.45, 7) is 13.0. The number of benzene rings is 12. The highest BCUT2D eigenvalue weighted by Gasteiger charge is 2.25. The second kappa shape index (κ2) is 29.3. The third-order valence-electron chi connectivity index (χ3n) is 17.7. The van der Waals surface area contributed by atoms with Gasteiger partial charge in [0.25, 0.3) is 0 Å². The maximum Gasteiger partial charge on any atom is 0.150 e. The summed E-state index contributed by atoms with van der Waals surface area (Å²) in [7, 11) is 13.7. The SMILES string of the molecule is COc1ccc(-c2ccccc2)c(C)c1-c1c(C=O)ccc(-c2ccccc2)c1C.COc1ccc(-c2ccccc2)c(C)c1-c1c(OC)ccc(-c2ccccc2)c1C.Cc1c(-c2ccccc2)ccc(N(C)C)c1-c1c(N(C)C)ccc(-c2ccccc2)c1C. The van der Waals surface area contributed by atoms with Crippen LogP contribution in [0.25, 0.3) is 100 Å². The fraction of sp³-hybridized carbons (Fsp3) is 0.151. The fourth-order valence-electron chi connectivity index (χ4n) is 13.0. The Balaban J connectivity index is 0.000000151. The van der Waals surface area contributed by atoms with E-state index in [1.165, 1.54) is 89.3 Å². The molecule has 12 rings (SSSR count). The van der Waals surface area contributed by atoms with Crippen LogP contribution >= 0.6 is 0 Å². The first-order valence-corrected chi connectivity index (χ1v) is 31.3. The third kappa shape index (κ3) is 13.3. The molecule has 0 saturated carbocycles. The van der Waals surface area contributed by atoms with Gasteiger partial charge in [0.05, 0.1) is 21.3 Å². The normalized spacial score (nSPS) is 10.7. The van der Waals surface area contributed by atoms with Crippen LogP contribution in [0.5, 0.6) is 17.2 Å². The second-order valence-electron chi connectivity index (χ2n) is 23.5. The van der Waals surface area contributed by atoms with Gasteiger partial charge in [0.15, 0.2) is 6.29 Å². The van der Waals surface area contributed by atoms with Gasteiger partial charge in [-0.05, 0) is 178 Å². The van der Waals surface area contributed by atoms with E-state index in [0.29, 0.717) is 5.56 Å². The molecule has 0 saturated heterocycles. The number of carbonyl (C=O) groups is 1. The summed E-state index contributed by atoms with van der Waals surface area (Å²) in [5.41, 5.74) is 31.2. The first-order valence-electron chi connectivity index (χ1n) is 31.3. The smallest absolute Gasteiger partial charge is 0.150 e. The summed E-state index contributed by atoms with van der Waals surface area (Å²) in [5.74, 6) is 2.46. The van der Waals surface area contributed by atoms with Gasteiger partial charge in [0, 0.05) is 72.9 Å². The summed E-state index contributed by atoms with van der Waals surface area (Å²) >= 11 is 0.